The standard InChI is InChI=1S/C29H23F2NO2/c1-19-5-2-3-8-26(19)32-29(34)27-25(21-11-16-24(31)17-12-21)18-13-22(28(27)33)7-4-6-20-9-14-23(30)15-10-20/h2-6,8-18,33H,7H2,1H3,(H,32,34)/b6-4+. The minimum Gasteiger partial charge on any atom is -0.507 e. The zero-order valence-corrected chi connectivity index (χ0v) is 18.6. The predicted molar refractivity (Wildman–Crippen MR) is 132 cm³/mol. The summed E-state index contributed by atoms with van der Waals surface area (Å²) in [7, 11) is 0. The lowest BCUT2D eigenvalue weighted by Gasteiger charge is -2.16. The van der Waals surface area contributed by atoms with Gasteiger partial charge in [-0.05, 0) is 71.5 Å². The van der Waals surface area contributed by atoms with Crippen molar-refractivity contribution >= 4 is 17.7 Å². The predicted octanol–water partition coefficient (Wildman–Crippen LogP) is 7.15. The number of anilines is 1. The third-order valence-electron chi connectivity index (χ3n) is 5.56. The van der Waals surface area contributed by atoms with Gasteiger partial charge in [0.05, 0.1) is 5.56 Å². The van der Waals surface area contributed by atoms with Crippen LogP contribution >= 0.6 is 0 Å². The van der Waals surface area contributed by atoms with Crippen molar-refractivity contribution in [1.29, 1.82) is 0 Å². The van der Waals surface area contributed by atoms with Gasteiger partial charge in [0, 0.05) is 5.69 Å². The molecule has 0 heterocycles. The second kappa shape index (κ2) is 10.1. The van der Waals surface area contributed by atoms with Crippen LogP contribution in [0.5, 0.6) is 5.75 Å². The van der Waals surface area contributed by atoms with Crippen LogP contribution < -0.4 is 5.32 Å². The molecule has 3 nitrogen and oxygen atoms in total. The Morgan fingerprint density at radius 1 is 0.882 bits per heavy atom. The van der Waals surface area contributed by atoms with Crippen LogP contribution in [-0.4, -0.2) is 11.0 Å². The van der Waals surface area contributed by atoms with E-state index in [1.54, 1.807) is 42.5 Å². The summed E-state index contributed by atoms with van der Waals surface area (Å²) in [5.41, 5.74) is 4.12. The SMILES string of the molecule is Cc1ccccc1NC(=O)c1c(-c2ccc(F)cc2)ccc(C/C=C/c2ccc(F)cc2)c1O. The Kier molecular flexibility index (Phi) is 6.83. The van der Waals surface area contributed by atoms with E-state index in [-0.39, 0.29) is 22.9 Å². The Morgan fingerprint density at radius 3 is 2.21 bits per heavy atom. The number of amides is 1. The number of hydrogen-bond donors (Lipinski definition) is 2. The van der Waals surface area contributed by atoms with Crippen LogP contribution in [0, 0.1) is 18.6 Å². The molecule has 0 bridgehead atoms. The summed E-state index contributed by atoms with van der Waals surface area (Å²) in [4.78, 5) is 13.3. The number of para-hydroxylation sites is 1. The van der Waals surface area contributed by atoms with Crippen molar-refractivity contribution in [2.45, 2.75) is 13.3 Å². The second-order valence-electron chi connectivity index (χ2n) is 7.93. The molecule has 34 heavy (non-hydrogen) atoms. The van der Waals surface area contributed by atoms with E-state index in [0.29, 0.717) is 28.8 Å². The number of halogens is 2. The molecule has 0 aliphatic rings. The zero-order valence-electron chi connectivity index (χ0n) is 18.6. The number of benzene rings is 4. The molecule has 4 aromatic rings. The molecule has 0 saturated heterocycles. The van der Waals surface area contributed by atoms with E-state index >= 15 is 0 Å². The van der Waals surface area contributed by atoms with Gasteiger partial charge < -0.3 is 10.4 Å². The number of nitrogens with one attached hydrogen (secondary N) is 1. The maximum Gasteiger partial charge on any atom is 0.260 e. The lowest BCUT2D eigenvalue weighted by Crippen LogP contribution is -2.15. The summed E-state index contributed by atoms with van der Waals surface area (Å²) in [6, 6.07) is 22.7. The third-order valence-corrected chi connectivity index (χ3v) is 5.56. The van der Waals surface area contributed by atoms with Crippen molar-refractivity contribution in [2.75, 3.05) is 5.32 Å². The third kappa shape index (κ3) is 5.21. The average Bonchev–Trinajstić information content (AvgIpc) is 2.83. The highest BCUT2D eigenvalue weighted by atomic mass is 19.1. The molecule has 5 heteroatoms. The van der Waals surface area contributed by atoms with Crippen molar-refractivity contribution in [2.24, 2.45) is 0 Å². The molecule has 0 aromatic heterocycles. The number of aryl methyl sites for hydroxylation is 1. The number of phenolic OH excluding ortho intramolecular Hbond substituents is 1. The number of carbonyl (C=O) groups is 1. The van der Waals surface area contributed by atoms with Crippen molar-refractivity contribution in [1.82, 2.24) is 0 Å². The minimum absolute atomic E-state index is 0.113. The summed E-state index contributed by atoms with van der Waals surface area (Å²) in [6.45, 7) is 1.88. The van der Waals surface area contributed by atoms with Crippen LogP contribution in [0.4, 0.5) is 14.5 Å². The van der Waals surface area contributed by atoms with Crippen molar-refractivity contribution < 1.29 is 18.7 Å². The Labute approximate surface area is 197 Å². The van der Waals surface area contributed by atoms with Gasteiger partial charge in [-0.15, -0.1) is 0 Å². The molecule has 4 rings (SSSR count). The van der Waals surface area contributed by atoms with E-state index < -0.39 is 5.91 Å². The summed E-state index contributed by atoms with van der Waals surface area (Å²) in [6.07, 6.45) is 4.01. The highest BCUT2D eigenvalue weighted by Crippen LogP contribution is 2.34. The van der Waals surface area contributed by atoms with E-state index in [1.165, 1.54) is 24.3 Å². The number of carbonyl (C=O) groups excluding carboxylic acids is 1. The van der Waals surface area contributed by atoms with Gasteiger partial charge in [0.2, 0.25) is 0 Å². The molecule has 0 saturated carbocycles. The van der Waals surface area contributed by atoms with Gasteiger partial charge in [0.1, 0.15) is 17.4 Å². The maximum atomic E-state index is 13.5. The monoisotopic (exact) mass is 455 g/mol. The molecule has 0 fully saturated rings. The number of allylic oxidation sites excluding steroid dienone is 1. The van der Waals surface area contributed by atoms with Gasteiger partial charge in [-0.1, -0.05) is 66.7 Å². The first kappa shape index (κ1) is 22.9. The average molecular weight is 456 g/mol. The molecule has 0 radical (unpaired) electrons. The molecule has 0 aliphatic carbocycles. The lowest BCUT2D eigenvalue weighted by molar-refractivity contribution is 0.102. The molecule has 1 amide bonds. The van der Waals surface area contributed by atoms with Gasteiger partial charge in [0.15, 0.2) is 0 Å². The second-order valence-corrected chi connectivity index (χ2v) is 7.93. The van der Waals surface area contributed by atoms with Gasteiger partial charge in [-0.25, -0.2) is 8.78 Å². The largest absolute Gasteiger partial charge is 0.507 e. The Bertz CT molecular complexity index is 1340. The number of hydrogen-bond acceptors (Lipinski definition) is 2. The Morgan fingerprint density at radius 2 is 1.53 bits per heavy atom. The van der Waals surface area contributed by atoms with Crippen LogP contribution in [0.15, 0.2) is 91.0 Å². The Hall–Kier alpha value is -4.25. The first-order valence-electron chi connectivity index (χ1n) is 10.8. The fraction of sp³-hybridized carbons (Fsp3) is 0.0690. The molecule has 0 aliphatic heterocycles. The molecule has 0 atom stereocenters. The van der Waals surface area contributed by atoms with E-state index in [2.05, 4.69) is 5.32 Å². The quantitative estimate of drug-likeness (QED) is 0.324. The summed E-state index contributed by atoms with van der Waals surface area (Å²) in [5.74, 6) is -1.30. The molecular formula is C29H23F2NO2. The van der Waals surface area contributed by atoms with Gasteiger partial charge >= 0.3 is 0 Å². The van der Waals surface area contributed by atoms with Crippen LogP contribution in [0.25, 0.3) is 17.2 Å². The molecule has 2 N–H and O–H groups in total. The highest BCUT2D eigenvalue weighted by molar-refractivity contribution is 6.11. The van der Waals surface area contributed by atoms with E-state index in [1.807, 2.05) is 37.3 Å². The minimum atomic E-state index is -0.463. The van der Waals surface area contributed by atoms with Gasteiger partial charge in [-0.3, -0.25) is 4.79 Å². The van der Waals surface area contributed by atoms with Crippen LogP contribution in [0.3, 0.4) is 0 Å². The molecular weight excluding hydrogens is 432 g/mol. The number of aromatic hydroxyl groups is 1. The van der Waals surface area contributed by atoms with E-state index in [9.17, 15) is 18.7 Å². The topological polar surface area (TPSA) is 49.3 Å². The fourth-order valence-electron chi connectivity index (χ4n) is 3.69. The first-order valence-corrected chi connectivity index (χ1v) is 10.8. The molecule has 4 aromatic carbocycles. The smallest absolute Gasteiger partial charge is 0.260 e. The number of rotatable bonds is 6. The van der Waals surface area contributed by atoms with Crippen LogP contribution in [-0.2, 0) is 6.42 Å². The van der Waals surface area contributed by atoms with Crippen molar-refractivity contribution in [3.05, 3.63) is 125 Å². The van der Waals surface area contributed by atoms with E-state index in [4.69, 9.17) is 0 Å². The van der Waals surface area contributed by atoms with Crippen LogP contribution in [0.1, 0.15) is 27.0 Å². The number of phenols is 1. The summed E-state index contributed by atoms with van der Waals surface area (Å²) < 4.78 is 26.6. The maximum absolute atomic E-state index is 13.5. The molecule has 0 unspecified atom stereocenters. The molecule has 0 spiro atoms. The Balaban J connectivity index is 1.70. The lowest BCUT2D eigenvalue weighted by atomic mass is 9.94. The van der Waals surface area contributed by atoms with Crippen molar-refractivity contribution in [3.63, 3.8) is 0 Å². The zero-order chi connectivity index (χ0) is 24.1. The van der Waals surface area contributed by atoms with Crippen LogP contribution in [0.2, 0.25) is 0 Å². The highest BCUT2D eigenvalue weighted by Gasteiger charge is 2.21. The van der Waals surface area contributed by atoms with Gasteiger partial charge in [0.25, 0.3) is 5.91 Å². The first-order chi connectivity index (χ1) is 16.4. The van der Waals surface area contributed by atoms with Crippen molar-refractivity contribution in [3.8, 4) is 16.9 Å². The van der Waals surface area contributed by atoms with E-state index in [0.717, 1.165) is 11.1 Å². The summed E-state index contributed by atoms with van der Waals surface area (Å²) >= 11 is 0. The molecule has 170 valence electrons. The summed E-state index contributed by atoms with van der Waals surface area (Å²) in [5, 5.41) is 14.0. The fourth-order valence-corrected chi connectivity index (χ4v) is 3.69. The normalized spacial score (nSPS) is 11.0. The van der Waals surface area contributed by atoms with Gasteiger partial charge in [-0.2, -0.15) is 0 Å².